The fraction of sp³-hybridized carbons (Fsp3) is 0.600. The van der Waals surface area contributed by atoms with E-state index in [-0.39, 0.29) is 0 Å². The second kappa shape index (κ2) is 5.67. The number of aliphatic hydroxyl groups is 1. The van der Waals surface area contributed by atoms with E-state index in [4.69, 9.17) is 0 Å². The number of nitrogens with one attached hydrogen (secondary N) is 1. The minimum atomic E-state index is -0.567. The predicted octanol–water partition coefficient (Wildman–Crippen LogP) is 0.756. The van der Waals surface area contributed by atoms with Gasteiger partial charge in [0.05, 0.1) is 11.9 Å². The molecule has 0 bridgehead atoms. The summed E-state index contributed by atoms with van der Waals surface area (Å²) in [7, 11) is 0. The highest BCUT2D eigenvalue weighted by Crippen LogP contribution is 2.05. The Morgan fingerprint density at radius 1 is 1.36 bits per heavy atom. The van der Waals surface area contributed by atoms with Crippen molar-refractivity contribution in [2.75, 3.05) is 13.1 Å². The summed E-state index contributed by atoms with van der Waals surface area (Å²) in [6.45, 7) is 5.68. The molecule has 0 saturated heterocycles. The lowest BCUT2D eigenvalue weighted by molar-refractivity contribution is 0.168. The molecule has 0 radical (unpaired) electrons. The van der Waals surface area contributed by atoms with Crippen LogP contribution >= 0.6 is 0 Å². The number of nitrogens with zero attached hydrogens (tertiary/aromatic N) is 2. The zero-order valence-electron chi connectivity index (χ0n) is 8.64. The van der Waals surface area contributed by atoms with Gasteiger partial charge in [-0.15, -0.1) is 0 Å². The smallest absolute Gasteiger partial charge is 0.110 e. The first kappa shape index (κ1) is 11.1. The highest BCUT2D eigenvalue weighted by atomic mass is 16.3. The Labute approximate surface area is 84.4 Å². The molecule has 0 saturated carbocycles. The molecule has 1 aromatic rings. The number of aromatic nitrogens is 2. The Morgan fingerprint density at radius 3 is 2.71 bits per heavy atom. The SMILES string of the molecule is CC(C)CNCC(O)c1cnccn1. The van der Waals surface area contributed by atoms with Crippen LogP contribution in [-0.2, 0) is 0 Å². The van der Waals surface area contributed by atoms with Gasteiger partial charge in [0, 0.05) is 18.9 Å². The van der Waals surface area contributed by atoms with Gasteiger partial charge in [0.15, 0.2) is 0 Å². The standard InChI is InChI=1S/C10H17N3O/c1-8(2)5-12-7-10(14)9-6-11-3-4-13-9/h3-4,6,8,10,12,14H,5,7H2,1-2H3. The lowest BCUT2D eigenvalue weighted by atomic mass is 10.2. The molecule has 4 nitrogen and oxygen atoms in total. The molecular formula is C10H17N3O. The van der Waals surface area contributed by atoms with Gasteiger partial charge < -0.3 is 10.4 Å². The van der Waals surface area contributed by atoms with Gasteiger partial charge in [0.2, 0.25) is 0 Å². The minimum absolute atomic E-state index is 0.525. The average Bonchev–Trinajstić information content (AvgIpc) is 2.18. The van der Waals surface area contributed by atoms with Crippen molar-refractivity contribution in [3.05, 3.63) is 24.3 Å². The molecule has 1 atom stereocenters. The summed E-state index contributed by atoms with van der Waals surface area (Å²) in [5.41, 5.74) is 0.615. The van der Waals surface area contributed by atoms with Gasteiger partial charge in [0.1, 0.15) is 6.10 Å². The number of rotatable bonds is 5. The monoisotopic (exact) mass is 195 g/mol. The van der Waals surface area contributed by atoms with Crippen LogP contribution in [0.1, 0.15) is 25.6 Å². The molecule has 0 fully saturated rings. The van der Waals surface area contributed by atoms with E-state index in [2.05, 4.69) is 29.1 Å². The Hall–Kier alpha value is -1.00. The molecule has 1 unspecified atom stereocenters. The van der Waals surface area contributed by atoms with Crippen molar-refractivity contribution >= 4 is 0 Å². The van der Waals surface area contributed by atoms with Crippen molar-refractivity contribution < 1.29 is 5.11 Å². The molecule has 0 spiro atoms. The fourth-order valence-corrected chi connectivity index (χ4v) is 1.10. The predicted molar refractivity (Wildman–Crippen MR) is 54.7 cm³/mol. The highest BCUT2D eigenvalue weighted by Gasteiger charge is 2.07. The van der Waals surface area contributed by atoms with Crippen LogP contribution in [0, 0.1) is 5.92 Å². The molecule has 14 heavy (non-hydrogen) atoms. The van der Waals surface area contributed by atoms with Gasteiger partial charge in [-0.2, -0.15) is 0 Å². The maximum absolute atomic E-state index is 9.67. The summed E-state index contributed by atoms with van der Waals surface area (Å²) in [4.78, 5) is 7.92. The Kier molecular flexibility index (Phi) is 4.49. The number of aliphatic hydroxyl groups excluding tert-OH is 1. The van der Waals surface area contributed by atoms with Gasteiger partial charge in [-0.3, -0.25) is 9.97 Å². The zero-order valence-corrected chi connectivity index (χ0v) is 8.64. The van der Waals surface area contributed by atoms with E-state index >= 15 is 0 Å². The van der Waals surface area contributed by atoms with Crippen molar-refractivity contribution in [1.29, 1.82) is 0 Å². The third kappa shape index (κ3) is 3.81. The molecule has 78 valence electrons. The largest absolute Gasteiger partial charge is 0.385 e. The summed E-state index contributed by atoms with van der Waals surface area (Å²) in [6.07, 6.45) is 4.20. The van der Waals surface area contributed by atoms with Crippen molar-refractivity contribution in [3.8, 4) is 0 Å². The van der Waals surface area contributed by atoms with Crippen LogP contribution < -0.4 is 5.32 Å². The summed E-state index contributed by atoms with van der Waals surface area (Å²) >= 11 is 0. The Balaban J connectivity index is 2.32. The van der Waals surface area contributed by atoms with Crippen LogP contribution in [-0.4, -0.2) is 28.2 Å². The topological polar surface area (TPSA) is 58.0 Å². The Bertz CT molecular complexity index is 251. The molecule has 0 aliphatic carbocycles. The van der Waals surface area contributed by atoms with E-state index in [1.807, 2.05) is 0 Å². The van der Waals surface area contributed by atoms with Gasteiger partial charge in [-0.25, -0.2) is 0 Å². The van der Waals surface area contributed by atoms with E-state index < -0.39 is 6.10 Å². The summed E-state index contributed by atoms with van der Waals surface area (Å²) < 4.78 is 0. The summed E-state index contributed by atoms with van der Waals surface area (Å²) in [5, 5.41) is 12.8. The number of hydrogen-bond donors (Lipinski definition) is 2. The first-order valence-electron chi connectivity index (χ1n) is 4.85. The molecule has 1 rings (SSSR count). The third-order valence-corrected chi connectivity index (χ3v) is 1.81. The molecule has 0 aromatic carbocycles. The van der Waals surface area contributed by atoms with Crippen LogP contribution in [0.4, 0.5) is 0 Å². The van der Waals surface area contributed by atoms with Crippen molar-refractivity contribution in [3.63, 3.8) is 0 Å². The molecule has 4 heteroatoms. The molecule has 0 aliphatic rings. The summed E-state index contributed by atoms with van der Waals surface area (Å²) in [5.74, 6) is 0.587. The lowest BCUT2D eigenvalue weighted by Gasteiger charge is -2.11. The van der Waals surface area contributed by atoms with Crippen molar-refractivity contribution in [2.24, 2.45) is 5.92 Å². The average molecular weight is 195 g/mol. The van der Waals surface area contributed by atoms with Crippen LogP contribution in [0.25, 0.3) is 0 Å². The molecule has 1 heterocycles. The molecule has 1 aromatic heterocycles. The van der Waals surface area contributed by atoms with E-state index in [1.54, 1.807) is 18.6 Å². The highest BCUT2D eigenvalue weighted by molar-refractivity contribution is 4.99. The Morgan fingerprint density at radius 2 is 2.14 bits per heavy atom. The third-order valence-electron chi connectivity index (χ3n) is 1.81. The fourth-order valence-electron chi connectivity index (χ4n) is 1.10. The lowest BCUT2D eigenvalue weighted by Crippen LogP contribution is -2.25. The minimum Gasteiger partial charge on any atom is -0.385 e. The molecule has 0 aliphatic heterocycles. The van der Waals surface area contributed by atoms with Gasteiger partial charge >= 0.3 is 0 Å². The van der Waals surface area contributed by atoms with Gasteiger partial charge in [-0.1, -0.05) is 13.8 Å². The van der Waals surface area contributed by atoms with Crippen LogP contribution in [0.15, 0.2) is 18.6 Å². The number of hydrogen-bond acceptors (Lipinski definition) is 4. The normalized spacial score (nSPS) is 13.1. The van der Waals surface area contributed by atoms with Gasteiger partial charge in [0.25, 0.3) is 0 Å². The van der Waals surface area contributed by atoms with Crippen molar-refractivity contribution in [2.45, 2.75) is 20.0 Å². The molecule has 2 N–H and O–H groups in total. The van der Waals surface area contributed by atoms with Crippen LogP contribution in [0.3, 0.4) is 0 Å². The second-order valence-electron chi connectivity index (χ2n) is 3.70. The second-order valence-corrected chi connectivity index (χ2v) is 3.70. The molecular weight excluding hydrogens is 178 g/mol. The quantitative estimate of drug-likeness (QED) is 0.728. The maximum atomic E-state index is 9.67. The van der Waals surface area contributed by atoms with Crippen molar-refractivity contribution in [1.82, 2.24) is 15.3 Å². The van der Waals surface area contributed by atoms with Crippen LogP contribution in [0.2, 0.25) is 0 Å². The van der Waals surface area contributed by atoms with Crippen LogP contribution in [0.5, 0.6) is 0 Å². The zero-order chi connectivity index (χ0) is 10.4. The van der Waals surface area contributed by atoms with E-state index in [0.717, 1.165) is 6.54 Å². The summed E-state index contributed by atoms with van der Waals surface area (Å²) in [6, 6.07) is 0. The first-order chi connectivity index (χ1) is 6.70. The van der Waals surface area contributed by atoms with E-state index in [1.165, 1.54) is 0 Å². The van der Waals surface area contributed by atoms with E-state index in [0.29, 0.717) is 18.2 Å². The molecule has 0 amide bonds. The van der Waals surface area contributed by atoms with E-state index in [9.17, 15) is 5.11 Å². The first-order valence-corrected chi connectivity index (χ1v) is 4.85. The van der Waals surface area contributed by atoms with Gasteiger partial charge in [-0.05, 0) is 12.5 Å². The maximum Gasteiger partial charge on any atom is 0.110 e.